The standard InChI is InChI=1S/C5H2F6O2.Co/c6-4(7,8)2(12)1-3(13)5(9,10)11;/h1,12H;/b2-1-;. The molecular weight excluding hydrogens is 265 g/mol. The van der Waals surface area contributed by atoms with Crippen molar-refractivity contribution in [1.82, 2.24) is 0 Å². The minimum atomic E-state index is -5.42. The molecule has 1 N–H and O–H groups in total. The number of carbonyl (C=O) groups excluding carboxylic acids is 1. The van der Waals surface area contributed by atoms with E-state index in [-0.39, 0.29) is 16.8 Å². The van der Waals surface area contributed by atoms with Crippen molar-refractivity contribution in [2.24, 2.45) is 0 Å². The van der Waals surface area contributed by atoms with Gasteiger partial charge in [0.1, 0.15) is 0 Å². The maximum Gasteiger partial charge on any atom is 0.454 e. The molecule has 1 radical (unpaired) electrons. The molecule has 0 saturated heterocycles. The average molecular weight is 267 g/mol. The molecule has 0 aliphatic carbocycles. The zero-order chi connectivity index (χ0) is 10.9. The molecule has 0 atom stereocenters. The number of aliphatic hydroxyl groups excluding tert-OH is 1. The van der Waals surface area contributed by atoms with Gasteiger partial charge in [-0.2, -0.15) is 26.3 Å². The number of aliphatic hydroxyl groups is 1. The second-order valence-electron chi connectivity index (χ2n) is 1.89. The zero-order valence-corrected chi connectivity index (χ0v) is 7.07. The van der Waals surface area contributed by atoms with Crippen LogP contribution in [0.1, 0.15) is 0 Å². The van der Waals surface area contributed by atoms with Crippen LogP contribution in [0.4, 0.5) is 26.3 Å². The number of ketones is 1. The quantitative estimate of drug-likeness (QED) is 0.449. The molecule has 0 fully saturated rings. The number of halogens is 6. The van der Waals surface area contributed by atoms with Crippen LogP contribution in [0.2, 0.25) is 0 Å². The van der Waals surface area contributed by atoms with Crippen LogP contribution in [0, 0.1) is 0 Å². The van der Waals surface area contributed by atoms with Crippen molar-refractivity contribution in [2.75, 3.05) is 0 Å². The van der Waals surface area contributed by atoms with Crippen LogP contribution in [-0.4, -0.2) is 23.2 Å². The van der Waals surface area contributed by atoms with Gasteiger partial charge in [-0.1, -0.05) is 0 Å². The Labute approximate surface area is 83.8 Å². The van der Waals surface area contributed by atoms with Gasteiger partial charge in [0.2, 0.25) is 5.76 Å². The Balaban J connectivity index is 0. The molecule has 0 aliphatic rings. The van der Waals surface area contributed by atoms with E-state index in [0.717, 1.165) is 0 Å². The molecule has 0 aromatic rings. The van der Waals surface area contributed by atoms with Gasteiger partial charge in [-0.05, 0) is 0 Å². The van der Waals surface area contributed by atoms with Crippen LogP contribution in [0.5, 0.6) is 0 Å². The zero-order valence-electron chi connectivity index (χ0n) is 6.03. The first-order valence-corrected chi connectivity index (χ1v) is 2.64. The molecule has 0 unspecified atom stereocenters. The van der Waals surface area contributed by atoms with E-state index in [9.17, 15) is 31.1 Å². The van der Waals surface area contributed by atoms with Crippen molar-refractivity contribution < 1.29 is 53.0 Å². The molecule has 0 aliphatic heterocycles. The predicted octanol–water partition coefficient (Wildman–Crippen LogP) is 2.12. The second kappa shape index (κ2) is 4.69. The van der Waals surface area contributed by atoms with Crippen LogP contribution in [0.15, 0.2) is 11.8 Å². The molecule has 0 amide bonds. The van der Waals surface area contributed by atoms with Crippen LogP contribution < -0.4 is 0 Å². The summed E-state index contributed by atoms with van der Waals surface area (Å²) in [5, 5.41) is 7.93. The molecule has 14 heavy (non-hydrogen) atoms. The summed E-state index contributed by atoms with van der Waals surface area (Å²) in [5.74, 6) is -5.34. The Bertz CT molecular complexity index is 240. The summed E-state index contributed by atoms with van der Waals surface area (Å²) in [6.45, 7) is 0. The maximum atomic E-state index is 11.4. The monoisotopic (exact) mass is 267 g/mol. The van der Waals surface area contributed by atoms with Gasteiger partial charge < -0.3 is 5.11 Å². The molecule has 0 spiro atoms. The van der Waals surface area contributed by atoms with Gasteiger partial charge in [-0.3, -0.25) is 4.79 Å². The predicted molar refractivity (Wildman–Crippen MR) is 27.8 cm³/mol. The SMILES string of the molecule is O=C(/C=C(\O)C(F)(F)F)C(F)(F)F.[Co]. The van der Waals surface area contributed by atoms with Crippen molar-refractivity contribution >= 4 is 5.78 Å². The number of alkyl halides is 6. The first-order chi connectivity index (χ1) is 5.55. The van der Waals surface area contributed by atoms with Crippen molar-refractivity contribution in [3.05, 3.63) is 11.8 Å². The van der Waals surface area contributed by atoms with Crippen LogP contribution >= 0.6 is 0 Å². The van der Waals surface area contributed by atoms with E-state index in [1.807, 2.05) is 0 Å². The summed E-state index contributed by atoms with van der Waals surface area (Å²) in [4.78, 5) is 9.86. The topological polar surface area (TPSA) is 37.3 Å². The number of carbonyl (C=O) groups is 1. The van der Waals surface area contributed by atoms with Crippen molar-refractivity contribution in [1.29, 1.82) is 0 Å². The molecule has 0 aromatic heterocycles. The average Bonchev–Trinajstić information content (AvgIpc) is 1.82. The van der Waals surface area contributed by atoms with E-state index in [4.69, 9.17) is 5.11 Å². The Hall–Kier alpha value is -0.704. The molecule has 0 aromatic carbocycles. The maximum absolute atomic E-state index is 11.4. The Kier molecular flexibility index (Phi) is 5.27. The van der Waals surface area contributed by atoms with Gasteiger partial charge in [0, 0.05) is 22.9 Å². The van der Waals surface area contributed by atoms with E-state index in [0.29, 0.717) is 0 Å². The summed E-state index contributed by atoms with van der Waals surface area (Å²) in [5.41, 5.74) is 0. The van der Waals surface area contributed by atoms with Crippen LogP contribution in [0.25, 0.3) is 0 Å². The molecule has 2 nitrogen and oxygen atoms in total. The Morgan fingerprint density at radius 2 is 1.36 bits per heavy atom. The fourth-order valence-corrected chi connectivity index (χ4v) is 0.288. The van der Waals surface area contributed by atoms with E-state index in [1.54, 1.807) is 0 Å². The van der Waals surface area contributed by atoms with Gasteiger partial charge in [0.25, 0.3) is 5.78 Å². The first kappa shape index (κ1) is 15.8. The normalized spacial score (nSPS) is 13.4. The fourth-order valence-electron chi connectivity index (χ4n) is 0.288. The molecule has 0 saturated carbocycles. The fraction of sp³-hybridized carbons (Fsp3) is 0.400. The number of allylic oxidation sites excluding steroid dienone is 2. The minimum absolute atomic E-state index is 0. The number of hydrogen-bond donors (Lipinski definition) is 1. The van der Waals surface area contributed by atoms with Gasteiger partial charge in [-0.25, -0.2) is 0 Å². The Morgan fingerprint density at radius 3 is 1.57 bits per heavy atom. The molecule has 0 heterocycles. The summed E-state index contributed by atoms with van der Waals surface area (Å²) >= 11 is 0. The molecule has 0 rings (SSSR count). The summed E-state index contributed by atoms with van der Waals surface area (Å²) in [7, 11) is 0. The summed E-state index contributed by atoms with van der Waals surface area (Å²) in [6.07, 6.45) is -11.7. The summed E-state index contributed by atoms with van der Waals surface area (Å²) < 4.78 is 68.1. The van der Waals surface area contributed by atoms with Gasteiger partial charge in [0.05, 0.1) is 0 Å². The molecule has 85 valence electrons. The van der Waals surface area contributed by atoms with E-state index >= 15 is 0 Å². The number of hydrogen-bond acceptors (Lipinski definition) is 2. The van der Waals surface area contributed by atoms with Crippen molar-refractivity contribution in [3.63, 3.8) is 0 Å². The number of rotatable bonds is 1. The third-order valence-corrected chi connectivity index (χ3v) is 0.838. The second-order valence-corrected chi connectivity index (χ2v) is 1.89. The van der Waals surface area contributed by atoms with Crippen molar-refractivity contribution in [2.45, 2.75) is 12.4 Å². The first-order valence-electron chi connectivity index (χ1n) is 2.64. The largest absolute Gasteiger partial charge is 0.504 e. The van der Waals surface area contributed by atoms with Gasteiger partial charge in [0.15, 0.2) is 0 Å². The third kappa shape index (κ3) is 5.12. The Morgan fingerprint density at radius 1 is 1.00 bits per heavy atom. The minimum Gasteiger partial charge on any atom is -0.504 e. The van der Waals surface area contributed by atoms with Gasteiger partial charge in [-0.15, -0.1) is 0 Å². The van der Waals surface area contributed by atoms with E-state index in [2.05, 4.69) is 0 Å². The van der Waals surface area contributed by atoms with Gasteiger partial charge >= 0.3 is 12.4 Å². The van der Waals surface area contributed by atoms with E-state index in [1.165, 1.54) is 0 Å². The van der Waals surface area contributed by atoms with Crippen molar-refractivity contribution in [3.8, 4) is 0 Å². The third-order valence-electron chi connectivity index (χ3n) is 0.838. The van der Waals surface area contributed by atoms with Crippen LogP contribution in [0.3, 0.4) is 0 Å². The van der Waals surface area contributed by atoms with E-state index < -0.39 is 30.0 Å². The molecule has 9 heteroatoms. The molecule has 0 bridgehead atoms. The van der Waals surface area contributed by atoms with Crippen LogP contribution in [-0.2, 0) is 21.6 Å². The smallest absolute Gasteiger partial charge is 0.454 e. The summed E-state index contributed by atoms with van der Waals surface area (Å²) in [6, 6.07) is 0. The molecular formula is C5H2CoF6O2.